The van der Waals surface area contributed by atoms with Crippen LogP contribution in [0.3, 0.4) is 0 Å². The Morgan fingerprint density at radius 2 is 1.64 bits per heavy atom. The number of likely N-dealkylation sites (tertiary alicyclic amines) is 1. The molecule has 3 nitrogen and oxygen atoms in total. The number of nitrogens with zero attached hydrogens (tertiary/aromatic N) is 1. The van der Waals surface area contributed by atoms with Gasteiger partial charge in [0.15, 0.2) is 0 Å². The monoisotopic (exact) mass is 242 g/mol. The fourth-order valence-corrected chi connectivity index (χ4v) is 2.27. The standard InChI is InChI=1S/C9H18N2O.2ClH/c12-9-7-10-6-8(9)11-4-2-1-3-5-11;;/h8-10,12H,1-7H2;2*1H/t8-,9-;;/m1../s1. The van der Waals surface area contributed by atoms with E-state index in [0.29, 0.717) is 6.04 Å². The van der Waals surface area contributed by atoms with Gasteiger partial charge in [0.1, 0.15) is 0 Å². The fraction of sp³-hybridized carbons (Fsp3) is 1.00. The number of rotatable bonds is 1. The van der Waals surface area contributed by atoms with E-state index >= 15 is 0 Å². The summed E-state index contributed by atoms with van der Waals surface area (Å²) in [7, 11) is 0. The molecule has 0 unspecified atom stereocenters. The van der Waals surface area contributed by atoms with E-state index in [1.807, 2.05) is 0 Å². The lowest BCUT2D eigenvalue weighted by Crippen LogP contribution is -2.45. The second-order valence-corrected chi connectivity index (χ2v) is 3.89. The Morgan fingerprint density at radius 1 is 1.00 bits per heavy atom. The van der Waals surface area contributed by atoms with Crippen molar-refractivity contribution < 1.29 is 5.11 Å². The van der Waals surface area contributed by atoms with Crippen LogP contribution in [0.5, 0.6) is 0 Å². The zero-order valence-corrected chi connectivity index (χ0v) is 9.95. The number of nitrogens with one attached hydrogen (secondary N) is 1. The topological polar surface area (TPSA) is 35.5 Å². The maximum Gasteiger partial charge on any atom is 0.0831 e. The third kappa shape index (κ3) is 3.24. The molecule has 2 heterocycles. The molecule has 0 aromatic heterocycles. The number of halogens is 2. The SMILES string of the molecule is Cl.Cl.O[C@@H]1CNC[C@H]1N1CCCCC1. The van der Waals surface area contributed by atoms with Crippen molar-refractivity contribution in [1.29, 1.82) is 0 Å². The van der Waals surface area contributed by atoms with Crippen LogP contribution in [0.4, 0.5) is 0 Å². The van der Waals surface area contributed by atoms with E-state index in [1.54, 1.807) is 0 Å². The van der Waals surface area contributed by atoms with Gasteiger partial charge in [-0.1, -0.05) is 6.42 Å². The lowest BCUT2D eigenvalue weighted by atomic mass is 10.1. The van der Waals surface area contributed by atoms with Crippen LogP contribution in [0.1, 0.15) is 19.3 Å². The van der Waals surface area contributed by atoms with E-state index in [2.05, 4.69) is 10.2 Å². The van der Waals surface area contributed by atoms with Gasteiger partial charge in [-0.3, -0.25) is 4.90 Å². The van der Waals surface area contributed by atoms with Gasteiger partial charge in [0.05, 0.1) is 6.10 Å². The van der Waals surface area contributed by atoms with E-state index in [0.717, 1.165) is 13.1 Å². The van der Waals surface area contributed by atoms with E-state index < -0.39 is 0 Å². The molecule has 2 atom stereocenters. The Labute approximate surface area is 98.1 Å². The van der Waals surface area contributed by atoms with Crippen LogP contribution in [0.15, 0.2) is 0 Å². The van der Waals surface area contributed by atoms with Crippen LogP contribution >= 0.6 is 24.8 Å². The maximum absolute atomic E-state index is 9.64. The smallest absolute Gasteiger partial charge is 0.0831 e. The minimum absolute atomic E-state index is 0. The third-order valence-corrected chi connectivity index (χ3v) is 3.01. The van der Waals surface area contributed by atoms with Gasteiger partial charge in [0.25, 0.3) is 0 Å². The third-order valence-electron chi connectivity index (χ3n) is 3.01. The van der Waals surface area contributed by atoms with Crippen LogP contribution in [0.2, 0.25) is 0 Å². The first kappa shape index (κ1) is 14.5. The molecular weight excluding hydrogens is 223 g/mol. The van der Waals surface area contributed by atoms with Crippen molar-refractivity contribution in [3.8, 4) is 0 Å². The van der Waals surface area contributed by atoms with Crippen LogP contribution in [-0.2, 0) is 0 Å². The lowest BCUT2D eigenvalue weighted by molar-refractivity contribution is 0.0706. The molecule has 0 aliphatic carbocycles. The summed E-state index contributed by atoms with van der Waals surface area (Å²) in [5, 5.41) is 12.9. The predicted molar refractivity (Wildman–Crippen MR) is 62.6 cm³/mol. The highest BCUT2D eigenvalue weighted by Crippen LogP contribution is 2.16. The Balaban J connectivity index is 0.000000845. The van der Waals surface area contributed by atoms with Crippen LogP contribution in [-0.4, -0.2) is 48.3 Å². The number of aliphatic hydroxyl groups excluding tert-OH is 1. The van der Waals surface area contributed by atoms with Crippen LogP contribution in [0.25, 0.3) is 0 Å². The van der Waals surface area contributed by atoms with E-state index in [1.165, 1.54) is 32.4 Å². The molecule has 0 aromatic rings. The molecule has 0 spiro atoms. The Kier molecular flexibility index (Phi) is 7.08. The zero-order chi connectivity index (χ0) is 8.39. The summed E-state index contributed by atoms with van der Waals surface area (Å²) in [6, 6.07) is 0.394. The molecule has 2 saturated heterocycles. The van der Waals surface area contributed by atoms with Gasteiger partial charge in [-0.15, -0.1) is 24.8 Å². The first-order chi connectivity index (χ1) is 5.88. The summed E-state index contributed by atoms with van der Waals surface area (Å²) in [6.07, 6.45) is 3.85. The highest BCUT2D eigenvalue weighted by atomic mass is 35.5. The number of aliphatic hydroxyl groups is 1. The Morgan fingerprint density at radius 3 is 2.14 bits per heavy atom. The molecule has 0 saturated carbocycles. The molecule has 86 valence electrons. The Hall–Kier alpha value is 0.460. The first-order valence-electron chi connectivity index (χ1n) is 5.01. The summed E-state index contributed by atoms with van der Waals surface area (Å²) < 4.78 is 0. The summed E-state index contributed by atoms with van der Waals surface area (Å²) in [6.45, 7) is 4.12. The molecule has 0 aromatic carbocycles. The second kappa shape index (κ2) is 6.85. The second-order valence-electron chi connectivity index (χ2n) is 3.89. The zero-order valence-electron chi connectivity index (χ0n) is 8.32. The summed E-state index contributed by atoms with van der Waals surface area (Å²) in [5.74, 6) is 0. The average molecular weight is 243 g/mol. The molecule has 0 amide bonds. The molecule has 14 heavy (non-hydrogen) atoms. The number of piperidine rings is 1. The van der Waals surface area contributed by atoms with Crippen LogP contribution < -0.4 is 5.32 Å². The maximum atomic E-state index is 9.64. The van der Waals surface area contributed by atoms with Crippen molar-refractivity contribution in [2.75, 3.05) is 26.2 Å². The summed E-state index contributed by atoms with van der Waals surface area (Å²) in [4.78, 5) is 2.44. The first-order valence-corrected chi connectivity index (χ1v) is 5.01. The average Bonchev–Trinajstić information content (AvgIpc) is 2.53. The van der Waals surface area contributed by atoms with Gasteiger partial charge in [0.2, 0.25) is 0 Å². The van der Waals surface area contributed by atoms with Gasteiger partial charge in [-0.25, -0.2) is 0 Å². The number of β-amino-alcohol motifs (C(OH)–C–C–N with tert-alkyl or cyclic N) is 1. The molecule has 5 heteroatoms. The molecule has 2 fully saturated rings. The van der Waals surface area contributed by atoms with E-state index in [-0.39, 0.29) is 30.9 Å². The molecule has 2 N–H and O–H groups in total. The van der Waals surface area contributed by atoms with Crippen molar-refractivity contribution in [2.45, 2.75) is 31.4 Å². The number of hydrogen-bond donors (Lipinski definition) is 2. The van der Waals surface area contributed by atoms with Gasteiger partial charge >= 0.3 is 0 Å². The largest absolute Gasteiger partial charge is 0.390 e. The highest BCUT2D eigenvalue weighted by molar-refractivity contribution is 5.85. The van der Waals surface area contributed by atoms with Crippen molar-refractivity contribution in [3.05, 3.63) is 0 Å². The predicted octanol–water partition coefficient (Wildman–Crippen LogP) is 0.649. The highest BCUT2D eigenvalue weighted by Gasteiger charge is 2.30. The molecule has 2 aliphatic heterocycles. The normalized spacial score (nSPS) is 33.2. The minimum atomic E-state index is -0.136. The lowest BCUT2D eigenvalue weighted by Gasteiger charge is -2.33. The molecule has 0 radical (unpaired) electrons. The van der Waals surface area contributed by atoms with Gasteiger partial charge in [-0.2, -0.15) is 0 Å². The van der Waals surface area contributed by atoms with Crippen LogP contribution in [0, 0.1) is 0 Å². The fourth-order valence-electron chi connectivity index (χ4n) is 2.27. The van der Waals surface area contributed by atoms with Crippen molar-refractivity contribution in [1.82, 2.24) is 10.2 Å². The number of hydrogen-bond acceptors (Lipinski definition) is 3. The minimum Gasteiger partial charge on any atom is -0.390 e. The van der Waals surface area contributed by atoms with Crippen molar-refractivity contribution in [3.63, 3.8) is 0 Å². The van der Waals surface area contributed by atoms with Gasteiger partial charge in [-0.05, 0) is 25.9 Å². The molecular formula is C9H20Cl2N2O. The molecule has 0 bridgehead atoms. The van der Waals surface area contributed by atoms with Crippen molar-refractivity contribution in [2.24, 2.45) is 0 Å². The van der Waals surface area contributed by atoms with Gasteiger partial charge < -0.3 is 10.4 Å². The quantitative estimate of drug-likeness (QED) is 0.709. The van der Waals surface area contributed by atoms with E-state index in [9.17, 15) is 5.11 Å². The van der Waals surface area contributed by atoms with Crippen molar-refractivity contribution >= 4 is 24.8 Å². The molecule has 2 aliphatic rings. The molecule has 2 rings (SSSR count). The van der Waals surface area contributed by atoms with E-state index in [4.69, 9.17) is 0 Å². The summed E-state index contributed by atoms with van der Waals surface area (Å²) >= 11 is 0. The Bertz CT molecular complexity index is 154. The summed E-state index contributed by atoms with van der Waals surface area (Å²) in [5.41, 5.74) is 0. The van der Waals surface area contributed by atoms with Gasteiger partial charge in [0, 0.05) is 19.1 Å².